The van der Waals surface area contributed by atoms with Gasteiger partial charge in [0.05, 0.1) is 12.4 Å². The molecule has 0 bridgehead atoms. The zero-order chi connectivity index (χ0) is 13.6. The smallest absolute Gasteiger partial charge is 0.404 e. The molecular formula is C8H13N5O4S. The van der Waals surface area contributed by atoms with Crippen molar-refractivity contribution in [1.82, 2.24) is 14.7 Å². The maximum Gasteiger partial charge on any atom is 0.404 e. The van der Waals surface area contributed by atoms with Crippen molar-refractivity contribution in [2.24, 2.45) is 5.73 Å². The highest BCUT2D eigenvalue weighted by molar-refractivity contribution is 7.89. The third-order valence-corrected chi connectivity index (χ3v) is 3.22. The fraction of sp³-hybridized carbons (Fsp3) is 0.375. The largest absolute Gasteiger partial charge is 0.448 e. The molecule has 1 heterocycles. The van der Waals surface area contributed by atoms with E-state index in [4.69, 9.17) is 5.73 Å². The Balaban J connectivity index is 2.59. The minimum atomic E-state index is -3.72. The molecule has 4 N–H and O–H groups in total. The zero-order valence-corrected chi connectivity index (χ0v) is 10.4. The lowest BCUT2D eigenvalue weighted by Gasteiger charge is -2.06. The van der Waals surface area contributed by atoms with Crippen molar-refractivity contribution in [2.75, 3.05) is 25.5 Å². The van der Waals surface area contributed by atoms with Crippen LogP contribution in [0.3, 0.4) is 0 Å². The highest BCUT2D eigenvalue weighted by atomic mass is 32.2. The average Bonchev–Trinajstić information content (AvgIpc) is 2.34. The second kappa shape index (κ2) is 6.12. The molecule has 0 aromatic carbocycles. The number of rotatable bonds is 6. The number of sulfonamides is 1. The molecule has 0 spiro atoms. The molecule has 1 aromatic rings. The summed E-state index contributed by atoms with van der Waals surface area (Å²) >= 11 is 0. The first-order valence-corrected chi connectivity index (χ1v) is 6.35. The number of primary amides is 1. The van der Waals surface area contributed by atoms with Crippen LogP contribution >= 0.6 is 0 Å². The van der Waals surface area contributed by atoms with E-state index in [1.165, 1.54) is 0 Å². The Morgan fingerprint density at radius 3 is 2.56 bits per heavy atom. The minimum absolute atomic E-state index is 0.0828. The summed E-state index contributed by atoms with van der Waals surface area (Å²) in [4.78, 5) is 17.7. The van der Waals surface area contributed by atoms with E-state index < -0.39 is 16.1 Å². The van der Waals surface area contributed by atoms with Crippen LogP contribution in [0.5, 0.6) is 0 Å². The van der Waals surface area contributed by atoms with Gasteiger partial charge in [0.25, 0.3) is 0 Å². The van der Waals surface area contributed by atoms with Crippen molar-refractivity contribution in [3.8, 4) is 0 Å². The lowest BCUT2D eigenvalue weighted by atomic mass is 10.7. The Morgan fingerprint density at radius 1 is 1.44 bits per heavy atom. The average molecular weight is 275 g/mol. The van der Waals surface area contributed by atoms with Crippen LogP contribution in [-0.4, -0.2) is 44.7 Å². The number of carbonyl (C=O) groups excluding carboxylic acids is 1. The molecular weight excluding hydrogens is 262 g/mol. The van der Waals surface area contributed by atoms with E-state index in [1.807, 2.05) is 0 Å². The Kier molecular flexibility index (Phi) is 4.80. The summed E-state index contributed by atoms with van der Waals surface area (Å²) in [5.41, 5.74) is 4.72. The van der Waals surface area contributed by atoms with E-state index in [9.17, 15) is 13.2 Å². The SMILES string of the molecule is CNc1ncc(S(=O)(=O)NCCOC(N)=O)cn1. The van der Waals surface area contributed by atoms with Crippen LogP contribution < -0.4 is 15.8 Å². The maximum atomic E-state index is 11.7. The molecule has 18 heavy (non-hydrogen) atoms. The van der Waals surface area contributed by atoms with Gasteiger partial charge in [-0.2, -0.15) is 0 Å². The fourth-order valence-electron chi connectivity index (χ4n) is 0.995. The van der Waals surface area contributed by atoms with Crippen molar-refractivity contribution >= 4 is 22.1 Å². The summed E-state index contributed by atoms with van der Waals surface area (Å²) in [6.07, 6.45) is 1.36. The first kappa shape index (κ1) is 14.1. The van der Waals surface area contributed by atoms with Crippen LogP contribution in [0.25, 0.3) is 0 Å². The summed E-state index contributed by atoms with van der Waals surface area (Å²) in [5.74, 6) is 0.311. The van der Waals surface area contributed by atoms with Gasteiger partial charge in [0.2, 0.25) is 16.0 Å². The number of hydrogen-bond acceptors (Lipinski definition) is 7. The molecule has 0 atom stereocenters. The first-order valence-electron chi connectivity index (χ1n) is 4.87. The van der Waals surface area contributed by atoms with Crippen LogP contribution in [0.15, 0.2) is 17.3 Å². The minimum Gasteiger partial charge on any atom is -0.448 e. The van der Waals surface area contributed by atoms with Gasteiger partial charge in [-0.1, -0.05) is 0 Å². The quantitative estimate of drug-likeness (QED) is 0.560. The number of carbonyl (C=O) groups is 1. The van der Waals surface area contributed by atoms with E-state index in [2.05, 4.69) is 24.7 Å². The molecule has 1 amide bonds. The highest BCUT2D eigenvalue weighted by Crippen LogP contribution is 2.06. The summed E-state index contributed by atoms with van der Waals surface area (Å²) < 4.78 is 30.0. The van der Waals surface area contributed by atoms with Gasteiger partial charge in [0.1, 0.15) is 11.5 Å². The number of aromatic nitrogens is 2. The lowest BCUT2D eigenvalue weighted by Crippen LogP contribution is -2.29. The van der Waals surface area contributed by atoms with Crippen LogP contribution in [0, 0.1) is 0 Å². The van der Waals surface area contributed by atoms with E-state index in [1.54, 1.807) is 7.05 Å². The number of hydrogen-bond donors (Lipinski definition) is 3. The van der Waals surface area contributed by atoms with Crippen molar-refractivity contribution in [2.45, 2.75) is 4.90 Å². The molecule has 0 fully saturated rings. The summed E-state index contributed by atoms with van der Waals surface area (Å²) in [6.45, 7) is -0.233. The molecule has 100 valence electrons. The van der Waals surface area contributed by atoms with Crippen LogP contribution in [-0.2, 0) is 14.8 Å². The van der Waals surface area contributed by atoms with E-state index in [-0.39, 0.29) is 18.0 Å². The number of amides is 1. The highest BCUT2D eigenvalue weighted by Gasteiger charge is 2.14. The van der Waals surface area contributed by atoms with Gasteiger partial charge in [0.15, 0.2) is 0 Å². The molecule has 9 nitrogen and oxygen atoms in total. The summed E-state index contributed by atoms with van der Waals surface area (Å²) in [7, 11) is -2.10. The summed E-state index contributed by atoms with van der Waals surface area (Å²) in [5, 5.41) is 2.66. The second-order valence-electron chi connectivity index (χ2n) is 3.06. The predicted molar refractivity (Wildman–Crippen MR) is 62.3 cm³/mol. The molecule has 0 radical (unpaired) electrons. The Labute approximate surface area is 104 Å². The molecule has 1 aromatic heterocycles. The van der Waals surface area contributed by atoms with E-state index >= 15 is 0 Å². The van der Waals surface area contributed by atoms with Crippen LogP contribution in [0.4, 0.5) is 10.7 Å². The summed E-state index contributed by atoms with van der Waals surface area (Å²) in [6, 6.07) is 0. The molecule has 0 unspecified atom stereocenters. The maximum absolute atomic E-state index is 11.7. The third kappa shape index (κ3) is 4.14. The fourth-order valence-corrected chi connectivity index (χ4v) is 1.90. The first-order chi connectivity index (χ1) is 8.45. The monoisotopic (exact) mass is 275 g/mol. The molecule has 1 rings (SSSR count). The van der Waals surface area contributed by atoms with Crippen molar-refractivity contribution in [1.29, 1.82) is 0 Å². The number of nitrogens with two attached hydrogens (primary N) is 1. The molecule has 0 saturated heterocycles. The molecule has 0 aliphatic heterocycles. The molecule has 0 aliphatic rings. The zero-order valence-electron chi connectivity index (χ0n) is 9.58. The van der Waals surface area contributed by atoms with Gasteiger partial charge in [-0.3, -0.25) is 0 Å². The predicted octanol–water partition coefficient (Wildman–Crippen LogP) is -1.11. The Hall–Kier alpha value is -1.94. The standard InChI is InChI=1S/C8H13N5O4S/c1-10-8-11-4-6(5-12-8)18(15,16)13-2-3-17-7(9)14/h4-5,13H,2-3H2,1H3,(H2,9,14)(H,10,11,12). The van der Waals surface area contributed by atoms with Gasteiger partial charge < -0.3 is 15.8 Å². The Morgan fingerprint density at radius 2 is 2.06 bits per heavy atom. The van der Waals surface area contributed by atoms with Crippen LogP contribution in [0.2, 0.25) is 0 Å². The second-order valence-corrected chi connectivity index (χ2v) is 4.82. The van der Waals surface area contributed by atoms with Crippen LogP contribution in [0.1, 0.15) is 0 Å². The van der Waals surface area contributed by atoms with Gasteiger partial charge in [-0.15, -0.1) is 0 Å². The molecule has 0 aliphatic carbocycles. The van der Waals surface area contributed by atoms with Gasteiger partial charge in [0, 0.05) is 13.6 Å². The lowest BCUT2D eigenvalue weighted by molar-refractivity contribution is 0.159. The number of ether oxygens (including phenoxy) is 1. The normalized spacial score (nSPS) is 10.9. The molecule has 10 heteroatoms. The Bertz CT molecular complexity index is 501. The van der Waals surface area contributed by atoms with Gasteiger partial charge in [-0.05, 0) is 0 Å². The van der Waals surface area contributed by atoms with Gasteiger partial charge >= 0.3 is 6.09 Å². The number of nitrogens with zero attached hydrogens (tertiary/aromatic N) is 2. The van der Waals surface area contributed by atoms with Crippen molar-refractivity contribution in [3.63, 3.8) is 0 Å². The number of anilines is 1. The van der Waals surface area contributed by atoms with Crippen molar-refractivity contribution < 1.29 is 17.9 Å². The number of nitrogens with one attached hydrogen (secondary N) is 2. The molecule has 0 saturated carbocycles. The van der Waals surface area contributed by atoms with Gasteiger partial charge in [-0.25, -0.2) is 27.9 Å². The third-order valence-electron chi connectivity index (χ3n) is 1.80. The van der Waals surface area contributed by atoms with Crippen molar-refractivity contribution in [3.05, 3.63) is 12.4 Å². The van der Waals surface area contributed by atoms with E-state index in [0.29, 0.717) is 5.95 Å². The topological polar surface area (TPSA) is 136 Å². The van der Waals surface area contributed by atoms with E-state index in [0.717, 1.165) is 12.4 Å².